The zero-order valence-electron chi connectivity index (χ0n) is 9.98. The van der Waals surface area contributed by atoms with Crippen LogP contribution in [0.3, 0.4) is 0 Å². The average Bonchev–Trinajstić information content (AvgIpc) is 2.38. The minimum absolute atomic E-state index is 0.404. The van der Waals surface area contributed by atoms with Crippen LogP contribution in [0.15, 0.2) is 24.4 Å². The number of rotatable bonds is 3. The highest BCUT2D eigenvalue weighted by atomic mass is 35.5. The van der Waals surface area contributed by atoms with E-state index in [9.17, 15) is 0 Å². The minimum atomic E-state index is -0.436. The van der Waals surface area contributed by atoms with Gasteiger partial charge in [0.15, 0.2) is 6.29 Å². The Morgan fingerprint density at radius 3 is 2.89 bits per heavy atom. The Bertz CT molecular complexity index is 622. The van der Waals surface area contributed by atoms with Gasteiger partial charge in [0.1, 0.15) is 11.8 Å². The molecule has 5 heteroatoms. The standard InChI is InChI=1S/C13H11ClN2O2/c1-8(17-2)18-13-6-12-10(5-9(13)7-15)11(14)3-4-16-12/h3-6,8H,1-2H3. The molecule has 0 fully saturated rings. The van der Waals surface area contributed by atoms with Crippen molar-refractivity contribution in [2.75, 3.05) is 7.11 Å². The van der Waals surface area contributed by atoms with E-state index in [1.165, 1.54) is 7.11 Å². The van der Waals surface area contributed by atoms with Crippen molar-refractivity contribution in [1.82, 2.24) is 4.98 Å². The second-order valence-corrected chi connectivity index (χ2v) is 4.10. The van der Waals surface area contributed by atoms with E-state index in [1.54, 1.807) is 31.3 Å². The lowest BCUT2D eigenvalue weighted by Crippen LogP contribution is -2.14. The molecule has 0 aliphatic carbocycles. The summed E-state index contributed by atoms with van der Waals surface area (Å²) in [7, 11) is 1.53. The summed E-state index contributed by atoms with van der Waals surface area (Å²) in [6, 6.07) is 7.12. The van der Waals surface area contributed by atoms with Crippen LogP contribution in [-0.2, 0) is 4.74 Å². The van der Waals surface area contributed by atoms with Gasteiger partial charge >= 0.3 is 0 Å². The average molecular weight is 263 g/mol. The summed E-state index contributed by atoms with van der Waals surface area (Å²) in [5.74, 6) is 0.439. The van der Waals surface area contributed by atoms with E-state index >= 15 is 0 Å². The lowest BCUT2D eigenvalue weighted by molar-refractivity contribution is -0.0383. The van der Waals surface area contributed by atoms with Gasteiger partial charge < -0.3 is 9.47 Å². The van der Waals surface area contributed by atoms with E-state index in [4.69, 9.17) is 26.3 Å². The zero-order valence-corrected chi connectivity index (χ0v) is 10.7. The number of methoxy groups -OCH3 is 1. The van der Waals surface area contributed by atoms with E-state index in [2.05, 4.69) is 11.1 Å². The van der Waals surface area contributed by atoms with Crippen LogP contribution >= 0.6 is 11.6 Å². The molecule has 1 atom stereocenters. The third-order valence-electron chi connectivity index (χ3n) is 2.53. The smallest absolute Gasteiger partial charge is 0.196 e. The predicted molar refractivity (Wildman–Crippen MR) is 68.6 cm³/mol. The molecule has 0 saturated carbocycles. The van der Waals surface area contributed by atoms with Gasteiger partial charge in [-0.1, -0.05) is 11.6 Å². The second kappa shape index (κ2) is 5.21. The molecule has 4 nitrogen and oxygen atoms in total. The summed E-state index contributed by atoms with van der Waals surface area (Å²) in [6.07, 6.45) is 1.17. The highest BCUT2D eigenvalue weighted by molar-refractivity contribution is 6.35. The van der Waals surface area contributed by atoms with Crippen molar-refractivity contribution < 1.29 is 9.47 Å². The lowest BCUT2D eigenvalue weighted by Gasteiger charge is -2.14. The first-order chi connectivity index (χ1) is 8.65. The van der Waals surface area contributed by atoms with Crippen LogP contribution in [0.1, 0.15) is 12.5 Å². The Hall–Kier alpha value is -1.83. The van der Waals surface area contributed by atoms with E-state index in [0.717, 1.165) is 5.39 Å². The Kier molecular flexibility index (Phi) is 3.66. The van der Waals surface area contributed by atoms with Gasteiger partial charge in [0.05, 0.1) is 16.1 Å². The topological polar surface area (TPSA) is 55.1 Å². The fourth-order valence-corrected chi connectivity index (χ4v) is 1.76. The van der Waals surface area contributed by atoms with Crippen LogP contribution < -0.4 is 4.74 Å². The van der Waals surface area contributed by atoms with Crippen LogP contribution in [0.5, 0.6) is 5.75 Å². The lowest BCUT2D eigenvalue weighted by atomic mass is 10.1. The third kappa shape index (κ3) is 2.37. The van der Waals surface area contributed by atoms with Crippen molar-refractivity contribution in [3.05, 3.63) is 35.0 Å². The van der Waals surface area contributed by atoms with Crippen LogP contribution in [0.2, 0.25) is 5.02 Å². The molecule has 0 bridgehead atoms. The molecule has 0 aliphatic rings. The van der Waals surface area contributed by atoms with Crippen LogP contribution in [0, 0.1) is 11.3 Å². The summed E-state index contributed by atoms with van der Waals surface area (Å²) in [6.45, 7) is 1.75. The number of hydrogen-bond acceptors (Lipinski definition) is 4. The summed E-state index contributed by atoms with van der Waals surface area (Å²) >= 11 is 6.06. The maximum Gasteiger partial charge on any atom is 0.196 e. The first-order valence-corrected chi connectivity index (χ1v) is 5.71. The van der Waals surface area contributed by atoms with Gasteiger partial charge in [0.25, 0.3) is 0 Å². The number of nitriles is 1. The van der Waals surface area contributed by atoms with Gasteiger partial charge in [0, 0.05) is 24.8 Å². The molecular formula is C13H11ClN2O2. The molecule has 0 spiro atoms. The van der Waals surface area contributed by atoms with Gasteiger partial charge in [-0.3, -0.25) is 4.98 Å². The molecule has 1 heterocycles. The minimum Gasteiger partial charge on any atom is -0.464 e. The zero-order chi connectivity index (χ0) is 13.1. The fraction of sp³-hybridized carbons (Fsp3) is 0.231. The molecule has 18 heavy (non-hydrogen) atoms. The number of fused-ring (bicyclic) bond motifs is 1. The summed E-state index contributed by atoms with van der Waals surface area (Å²) < 4.78 is 10.5. The predicted octanol–water partition coefficient (Wildman–Crippen LogP) is 3.13. The van der Waals surface area contributed by atoms with Gasteiger partial charge in [0.2, 0.25) is 0 Å². The number of nitrogens with zero attached hydrogens (tertiary/aromatic N) is 2. The maximum absolute atomic E-state index is 9.12. The molecule has 1 aromatic carbocycles. The van der Waals surface area contributed by atoms with Crippen LogP contribution in [-0.4, -0.2) is 18.4 Å². The van der Waals surface area contributed by atoms with E-state index in [1.807, 2.05) is 0 Å². The Balaban J connectivity index is 2.57. The van der Waals surface area contributed by atoms with Crippen molar-refractivity contribution in [3.63, 3.8) is 0 Å². The number of pyridine rings is 1. The SMILES string of the molecule is COC(C)Oc1cc2nccc(Cl)c2cc1C#N. The molecule has 92 valence electrons. The third-order valence-corrected chi connectivity index (χ3v) is 2.86. The maximum atomic E-state index is 9.12. The Morgan fingerprint density at radius 2 is 2.22 bits per heavy atom. The molecular weight excluding hydrogens is 252 g/mol. The number of hydrogen-bond donors (Lipinski definition) is 0. The monoisotopic (exact) mass is 262 g/mol. The molecule has 0 saturated heterocycles. The van der Waals surface area contributed by atoms with Crippen molar-refractivity contribution in [2.24, 2.45) is 0 Å². The van der Waals surface area contributed by atoms with Gasteiger partial charge in [-0.2, -0.15) is 5.26 Å². The van der Waals surface area contributed by atoms with Crippen molar-refractivity contribution in [1.29, 1.82) is 5.26 Å². The second-order valence-electron chi connectivity index (χ2n) is 3.69. The van der Waals surface area contributed by atoms with Crippen LogP contribution in [0.4, 0.5) is 0 Å². The number of ether oxygens (including phenoxy) is 2. The van der Waals surface area contributed by atoms with Gasteiger partial charge in [-0.25, -0.2) is 0 Å². The summed E-state index contributed by atoms with van der Waals surface area (Å²) in [5.41, 5.74) is 1.08. The molecule has 0 N–H and O–H groups in total. The molecule has 2 aromatic rings. The largest absolute Gasteiger partial charge is 0.464 e. The van der Waals surface area contributed by atoms with Gasteiger partial charge in [-0.15, -0.1) is 0 Å². The van der Waals surface area contributed by atoms with Crippen molar-refractivity contribution in [3.8, 4) is 11.8 Å². The van der Waals surface area contributed by atoms with Crippen molar-refractivity contribution in [2.45, 2.75) is 13.2 Å². The Labute approximate surface area is 110 Å². The number of aromatic nitrogens is 1. The van der Waals surface area contributed by atoms with E-state index < -0.39 is 6.29 Å². The number of benzene rings is 1. The normalized spacial score (nSPS) is 12.1. The summed E-state index contributed by atoms with van der Waals surface area (Å²) in [4.78, 5) is 4.20. The first kappa shape index (κ1) is 12.6. The summed E-state index contributed by atoms with van der Waals surface area (Å²) in [5, 5.41) is 10.4. The molecule has 2 rings (SSSR count). The van der Waals surface area contributed by atoms with Crippen LogP contribution in [0.25, 0.3) is 10.9 Å². The first-order valence-electron chi connectivity index (χ1n) is 5.33. The van der Waals surface area contributed by atoms with Gasteiger partial charge in [-0.05, 0) is 19.1 Å². The Morgan fingerprint density at radius 1 is 1.44 bits per heavy atom. The van der Waals surface area contributed by atoms with E-state index in [0.29, 0.717) is 21.9 Å². The molecule has 0 amide bonds. The molecule has 1 unspecified atom stereocenters. The highest BCUT2D eigenvalue weighted by Crippen LogP contribution is 2.29. The molecule has 0 radical (unpaired) electrons. The number of halogens is 1. The van der Waals surface area contributed by atoms with Crippen molar-refractivity contribution >= 4 is 22.5 Å². The quantitative estimate of drug-likeness (QED) is 0.798. The molecule has 1 aromatic heterocycles. The van der Waals surface area contributed by atoms with E-state index in [-0.39, 0.29) is 0 Å². The molecule has 0 aliphatic heterocycles. The highest BCUT2D eigenvalue weighted by Gasteiger charge is 2.11. The fourth-order valence-electron chi connectivity index (χ4n) is 1.55.